The lowest BCUT2D eigenvalue weighted by Crippen LogP contribution is -2.25. The average Bonchev–Trinajstić information content (AvgIpc) is 3.39. The first-order chi connectivity index (χ1) is 19.5. The van der Waals surface area contributed by atoms with Crippen LogP contribution in [0.5, 0.6) is 17.2 Å². The Morgan fingerprint density at radius 1 is 0.875 bits per heavy atom. The molecule has 0 aliphatic carbocycles. The number of ether oxygens (including phenoxy) is 3. The molecule has 0 radical (unpaired) electrons. The number of hydrogen-bond donors (Lipinski definition) is 2. The van der Waals surface area contributed by atoms with Gasteiger partial charge in [-0.1, -0.05) is 42.1 Å². The van der Waals surface area contributed by atoms with Crippen LogP contribution in [0.3, 0.4) is 0 Å². The third-order valence-electron chi connectivity index (χ3n) is 6.03. The molecular formula is C29H31N5O5S. The van der Waals surface area contributed by atoms with Crippen molar-refractivity contribution in [3.05, 3.63) is 89.7 Å². The van der Waals surface area contributed by atoms with Crippen molar-refractivity contribution in [1.29, 1.82) is 0 Å². The number of carbonyl (C=O) groups excluding carboxylic acids is 2. The van der Waals surface area contributed by atoms with Crippen LogP contribution < -0.4 is 24.8 Å². The maximum absolute atomic E-state index is 12.8. The number of carbonyl (C=O) groups is 2. The highest BCUT2D eigenvalue weighted by Gasteiger charge is 2.17. The van der Waals surface area contributed by atoms with Crippen molar-refractivity contribution in [2.45, 2.75) is 24.7 Å². The lowest BCUT2D eigenvalue weighted by atomic mass is 10.1. The van der Waals surface area contributed by atoms with E-state index in [-0.39, 0.29) is 24.1 Å². The van der Waals surface area contributed by atoms with E-state index < -0.39 is 0 Å². The van der Waals surface area contributed by atoms with Crippen LogP contribution in [0.2, 0.25) is 0 Å². The highest BCUT2D eigenvalue weighted by molar-refractivity contribution is 7.99. The second-order valence-electron chi connectivity index (χ2n) is 8.60. The number of rotatable bonds is 13. The predicted octanol–water partition coefficient (Wildman–Crippen LogP) is 4.21. The number of methoxy groups -OCH3 is 3. The second-order valence-corrected chi connectivity index (χ2v) is 9.54. The van der Waals surface area contributed by atoms with Crippen LogP contribution in [-0.2, 0) is 24.3 Å². The average molecular weight is 562 g/mol. The first kappa shape index (κ1) is 28.5. The Bertz CT molecular complexity index is 1430. The summed E-state index contributed by atoms with van der Waals surface area (Å²) >= 11 is 1.27. The lowest BCUT2D eigenvalue weighted by molar-refractivity contribution is -0.113. The van der Waals surface area contributed by atoms with E-state index in [4.69, 9.17) is 14.2 Å². The minimum Gasteiger partial charge on any atom is -0.497 e. The van der Waals surface area contributed by atoms with Crippen molar-refractivity contribution in [3.8, 4) is 17.2 Å². The molecular weight excluding hydrogens is 530 g/mol. The van der Waals surface area contributed by atoms with E-state index in [1.54, 1.807) is 56.7 Å². The molecule has 0 spiro atoms. The number of aromatic nitrogens is 3. The van der Waals surface area contributed by atoms with Gasteiger partial charge >= 0.3 is 0 Å². The maximum atomic E-state index is 12.8. The first-order valence-corrected chi connectivity index (χ1v) is 13.5. The van der Waals surface area contributed by atoms with Gasteiger partial charge in [0, 0.05) is 18.2 Å². The van der Waals surface area contributed by atoms with Crippen LogP contribution in [0.15, 0.2) is 78.0 Å². The molecule has 0 atom stereocenters. The fraction of sp³-hybridized carbons (Fsp3) is 0.241. The largest absolute Gasteiger partial charge is 0.497 e. The summed E-state index contributed by atoms with van der Waals surface area (Å²) in [5, 5.41) is 15.0. The molecule has 0 aliphatic heterocycles. The zero-order valence-electron chi connectivity index (χ0n) is 22.5. The zero-order chi connectivity index (χ0) is 28.3. The van der Waals surface area contributed by atoms with Gasteiger partial charge in [0.1, 0.15) is 17.2 Å². The van der Waals surface area contributed by atoms with Crippen molar-refractivity contribution >= 4 is 29.3 Å². The van der Waals surface area contributed by atoms with Crippen LogP contribution in [0.1, 0.15) is 21.7 Å². The zero-order valence-corrected chi connectivity index (χ0v) is 23.4. The van der Waals surface area contributed by atoms with Crippen LogP contribution in [-0.4, -0.2) is 53.7 Å². The van der Waals surface area contributed by atoms with Gasteiger partial charge in [-0.3, -0.25) is 9.59 Å². The Labute approximate surface area is 237 Å². The molecule has 208 valence electrons. The van der Waals surface area contributed by atoms with E-state index in [0.717, 1.165) is 12.0 Å². The normalized spacial score (nSPS) is 10.6. The van der Waals surface area contributed by atoms with Crippen molar-refractivity contribution in [3.63, 3.8) is 0 Å². The number of anilines is 1. The van der Waals surface area contributed by atoms with E-state index in [0.29, 0.717) is 46.0 Å². The Hall–Kier alpha value is -4.51. The van der Waals surface area contributed by atoms with Gasteiger partial charge in [0.25, 0.3) is 5.91 Å². The predicted molar refractivity (Wildman–Crippen MR) is 153 cm³/mol. The van der Waals surface area contributed by atoms with E-state index in [2.05, 4.69) is 33.0 Å². The number of benzene rings is 3. The Morgan fingerprint density at radius 2 is 1.60 bits per heavy atom. The molecule has 1 aromatic heterocycles. The quantitative estimate of drug-likeness (QED) is 0.233. The molecule has 0 saturated heterocycles. The van der Waals surface area contributed by atoms with Gasteiger partial charge < -0.3 is 29.4 Å². The summed E-state index contributed by atoms with van der Waals surface area (Å²) in [7, 11) is 4.67. The smallest absolute Gasteiger partial charge is 0.251 e. The molecule has 2 N–H and O–H groups in total. The molecule has 0 bridgehead atoms. The minimum atomic E-state index is -0.234. The molecule has 2 amide bonds. The monoisotopic (exact) mass is 561 g/mol. The molecule has 4 aromatic rings. The third-order valence-corrected chi connectivity index (χ3v) is 7.00. The fourth-order valence-corrected chi connectivity index (χ4v) is 4.67. The van der Waals surface area contributed by atoms with Crippen molar-refractivity contribution in [1.82, 2.24) is 20.1 Å². The van der Waals surface area contributed by atoms with Gasteiger partial charge in [-0.15, -0.1) is 10.2 Å². The van der Waals surface area contributed by atoms with Crippen LogP contribution in [0.25, 0.3) is 0 Å². The van der Waals surface area contributed by atoms with Gasteiger partial charge in [-0.05, 0) is 48.4 Å². The molecule has 0 fully saturated rings. The highest BCUT2D eigenvalue weighted by Crippen LogP contribution is 2.29. The summed E-state index contributed by atoms with van der Waals surface area (Å²) < 4.78 is 17.7. The molecule has 0 aliphatic rings. The van der Waals surface area contributed by atoms with Crippen molar-refractivity contribution in [2.75, 3.05) is 32.4 Å². The highest BCUT2D eigenvalue weighted by atomic mass is 32.2. The molecule has 4 rings (SSSR count). The van der Waals surface area contributed by atoms with Gasteiger partial charge in [0.15, 0.2) is 11.0 Å². The Kier molecular flexibility index (Phi) is 10.0. The molecule has 10 nitrogen and oxygen atoms in total. The van der Waals surface area contributed by atoms with Crippen LogP contribution >= 0.6 is 11.8 Å². The van der Waals surface area contributed by atoms with Crippen molar-refractivity contribution < 1.29 is 23.8 Å². The summed E-state index contributed by atoms with van der Waals surface area (Å²) in [5.74, 6) is 2.05. The van der Waals surface area contributed by atoms with Crippen LogP contribution in [0, 0.1) is 0 Å². The number of nitrogens with zero attached hydrogens (tertiary/aromatic N) is 3. The topological polar surface area (TPSA) is 117 Å². The number of aryl methyl sites for hydroxylation is 1. The second kappa shape index (κ2) is 14.0. The lowest BCUT2D eigenvalue weighted by Gasteiger charge is -2.13. The van der Waals surface area contributed by atoms with Gasteiger partial charge in [0.05, 0.1) is 39.3 Å². The molecule has 3 aromatic carbocycles. The summed E-state index contributed by atoms with van der Waals surface area (Å²) in [4.78, 5) is 25.5. The van der Waals surface area contributed by atoms with E-state index in [1.165, 1.54) is 18.9 Å². The molecule has 40 heavy (non-hydrogen) atoms. The van der Waals surface area contributed by atoms with Crippen molar-refractivity contribution in [2.24, 2.45) is 0 Å². The van der Waals surface area contributed by atoms with Gasteiger partial charge in [-0.25, -0.2) is 0 Å². The van der Waals surface area contributed by atoms with Crippen LogP contribution in [0.4, 0.5) is 5.69 Å². The van der Waals surface area contributed by atoms with E-state index in [9.17, 15) is 9.59 Å². The standard InChI is InChI=1S/C29H31N5O5S/c1-37-22-11-9-21(10-12-22)28(36)30-18-26-32-33-29(34(26)16-15-20-7-5-4-6-8-20)40-19-27(35)31-24-14-13-23(38-2)17-25(24)39-3/h4-14,17H,15-16,18-19H2,1-3H3,(H,30,36)(H,31,35). The fourth-order valence-electron chi connectivity index (χ4n) is 3.89. The van der Waals surface area contributed by atoms with E-state index >= 15 is 0 Å². The number of nitrogens with one attached hydrogen (secondary N) is 2. The summed E-state index contributed by atoms with van der Waals surface area (Å²) in [6, 6.07) is 22.1. The Morgan fingerprint density at radius 3 is 2.30 bits per heavy atom. The number of thioether (sulfide) groups is 1. The molecule has 11 heteroatoms. The summed E-state index contributed by atoms with van der Waals surface area (Å²) in [6.45, 7) is 0.767. The summed E-state index contributed by atoms with van der Waals surface area (Å²) in [5.41, 5.74) is 2.21. The summed E-state index contributed by atoms with van der Waals surface area (Å²) in [6.07, 6.45) is 0.737. The number of amides is 2. The first-order valence-electron chi connectivity index (χ1n) is 12.5. The van der Waals surface area contributed by atoms with Gasteiger partial charge in [-0.2, -0.15) is 0 Å². The van der Waals surface area contributed by atoms with E-state index in [1.807, 2.05) is 22.8 Å². The molecule has 0 saturated carbocycles. The minimum absolute atomic E-state index is 0.108. The van der Waals surface area contributed by atoms with Gasteiger partial charge in [0.2, 0.25) is 5.91 Å². The molecule has 0 unspecified atom stereocenters. The Balaban J connectivity index is 1.44. The third kappa shape index (κ3) is 7.54. The SMILES string of the molecule is COc1ccc(C(=O)NCc2nnc(SCC(=O)Nc3ccc(OC)cc3OC)n2CCc2ccccc2)cc1. The maximum Gasteiger partial charge on any atom is 0.251 e. The number of hydrogen-bond acceptors (Lipinski definition) is 8. The molecule has 1 heterocycles.